The molecule has 0 heterocycles. The summed E-state index contributed by atoms with van der Waals surface area (Å²) in [4.78, 5) is 29.1. The molecule has 0 saturated heterocycles. The number of sulfonamides is 1. The van der Waals surface area contributed by atoms with E-state index < -0.39 is 34.3 Å². The average molecular weight is 580 g/mol. The SMILES string of the molecule is CC[C@H](C(=O)NC1CCCCC1)N(Cc1ccc(C)cc1)C(=O)CN(c1ccc(F)cc1)S(=O)(=O)c1ccccc1. The number of amides is 2. The van der Waals surface area contributed by atoms with Crippen molar-refractivity contribution in [1.82, 2.24) is 10.2 Å². The second-order valence-corrected chi connectivity index (χ2v) is 12.4. The lowest BCUT2D eigenvalue weighted by Crippen LogP contribution is -2.54. The molecular formula is C32H38FN3O4S. The van der Waals surface area contributed by atoms with Crippen molar-refractivity contribution in [2.45, 2.75) is 75.9 Å². The van der Waals surface area contributed by atoms with E-state index in [1.165, 1.54) is 29.2 Å². The predicted octanol–water partition coefficient (Wildman–Crippen LogP) is 5.59. The highest BCUT2D eigenvalue weighted by Gasteiger charge is 2.34. The van der Waals surface area contributed by atoms with Crippen LogP contribution >= 0.6 is 0 Å². The van der Waals surface area contributed by atoms with Crippen LogP contribution < -0.4 is 9.62 Å². The van der Waals surface area contributed by atoms with Gasteiger partial charge in [0, 0.05) is 12.6 Å². The van der Waals surface area contributed by atoms with Gasteiger partial charge in [-0.1, -0.05) is 74.2 Å². The highest BCUT2D eigenvalue weighted by Crippen LogP contribution is 2.25. The fraction of sp³-hybridized carbons (Fsp3) is 0.375. The maximum Gasteiger partial charge on any atom is 0.264 e. The molecule has 0 aromatic heterocycles. The summed E-state index contributed by atoms with van der Waals surface area (Å²) in [7, 11) is -4.19. The molecular weight excluding hydrogens is 541 g/mol. The molecule has 3 aromatic rings. The fourth-order valence-electron chi connectivity index (χ4n) is 5.21. The molecule has 1 fully saturated rings. The first-order chi connectivity index (χ1) is 19.7. The summed E-state index contributed by atoms with van der Waals surface area (Å²) in [5.74, 6) is -1.29. The summed E-state index contributed by atoms with van der Waals surface area (Å²) in [6.45, 7) is 3.40. The van der Waals surface area contributed by atoms with Gasteiger partial charge in [-0.2, -0.15) is 0 Å². The largest absolute Gasteiger partial charge is 0.352 e. The van der Waals surface area contributed by atoms with E-state index in [1.807, 2.05) is 38.1 Å². The van der Waals surface area contributed by atoms with Crippen molar-refractivity contribution in [3.8, 4) is 0 Å². The molecule has 1 atom stereocenters. The van der Waals surface area contributed by atoms with Crippen LogP contribution in [0.1, 0.15) is 56.6 Å². The smallest absolute Gasteiger partial charge is 0.264 e. The van der Waals surface area contributed by atoms with Crippen LogP contribution in [0.4, 0.5) is 10.1 Å². The lowest BCUT2D eigenvalue weighted by Gasteiger charge is -2.34. The van der Waals surface area contributed by atoms with Gasteiger partial charge in [-0.05, 0) is 68.1 Å². The van der Waals surface area contributed by atoms with Crippen molar-refractivity contribution in [3.63, 3.8) is 0 Å². The quantitative estimate of drug-likeness (QED) is 0.321. The van der Waals surface area contributed by atoms with Gasteiger partial charge in [0.2, 0.25) is 11.8 Å². The Bertz CT molecular complexity index is 1410. The minimum absolute atomic E-state index is 0.00397. The molecule has 0 aliphatic heterocycles. The molecule has 1 aliphatic rings. The van der Waals surface area contributed by atoms with E-state index in [2.05, 4.69) is 5.32 Å². The standard InChI is InChI=1S/C32H38FN3O4S/c1-3-30(32(38)34-27-10-6-4-7-11-27)35(22-25-16-14-24(2)15-17-25)31(37)23-36(28-20-18-26(33)19-21-28)41(39,40)29-12-8-5-9-13-29/h5,8-9,12-21,27,30H,3-4,6-7,10-11,22-23H2,1-2H3,(H,34,38)/t30-/m1/s1. The number of anilines is 1. The highest BCUT2D eigenvalue weighted by molar-refractivity contribution is 7.92. The first-order valence-electron chi connectivity index (χ1n) is 14.2. The van der Waals surface area contributed by atoms with E-state index >= 15 is 0 Å². The lowest BCUT2D eigenvalue weighted by molar-refractivity contribution is -0.140. The Morgan fingerprint density at radius 2 is 1.56 bits per heavy atom. The minimum Gasteiger partial charge on any atom is -0.352 e. The maximum absolute atomic E-state index is 14.1. The van der Waals surface area contributed by atoms with Gasteiger partial charge in [-0.15, -0.1) is 0 Å². The third-order valence-corrected chi connectivity index (χ3v) is 9.32. The molecule has 0 bridgehead atoms. The topological polar surface area (TPSA) is 86.8 Å². The molecule has 1 N–H and O–H groups in total. The number of halogens is 1. The molecule has 0 spiro atoms. The zero-order chi connectivity index (χ0) is 29.4. The van der Waals surface area contributed by atoms with Crippen LogP contribution in [0.25, 0.3) is 0 Å². The van der Waals surface area contributed by atoms with Gasteiger partial charge in [0.1, 0.15) is 18.4 Å². The van der Waals surface area contributed by atoms with E-state index in [0.717, 1.165) is 59.7 Å². The summed E-state index contributed by atoms with van der Waals surface area (Å²) in [6, 6.07) is 19.7. The molecule has 2 amide bonds. The van der Waals surface area contributed by atoms with Crippen LogP contribution in [-0.2, 0) is 26.2 Å². The van der Waals surface area contributed by atoms with E-state index in [4.69, 9.17) is 0 Å². The second-order valence-electron chi connectivity index (χ2n) is 10.6. The fourth-order valence-corrected chi connectivity index (χ4v) is 6.64. The van der Waals surface area contributed by atoms with Crippen molar-refractivity contribution >= 4 is 27.5 Å². The van der Waals surface area contributed by atoms with Crippen LogP contribution in [0, 0.1) is 12.7 Å². The summed E-state index contributed by atoms with van der Waals surface area (Å²) in [5, 5.41) is 3.14. The van der Waals surface area contributed by atoms with Gasteiger partial charge in [0.05, 0.1) is 10.6 Å². The first-order valence-corrected chi connectivity index (χ1v) is 15.6. The van der Waals surface area contributed by atoms with Gasteiger partial charge >= 0.3 is 0 Å². The summed E-state index contributed by atoms with van der Waals surface area (Å²) < 4.78 is 42.3. The third kappa shape index (κ3) is 7.73. The maximum atomic E-state index is 14.1. The minimum atomic E-state index is -4.19. The molecule has 0 unspecified atom stereocenters. The predicted molar refractivity (Wildman–Crippen MR) is 158 cm³/mol. The Balaban J connectivity index is 1.68. The van der Waals surface area contributed by atoms with Crippen LogP contribution in [-0.4, -0.2) is 43.8 Å². The van der Waals surface area contributed by atoms with E-state index in [1.54, 1.807) is 18.2 Å². The van der Waals surface area contributed by atoms with Crippen LogP contribution in [0.2, 0.25) is 0 Å². The molecule has 1 aliphatic carbocycles. The Morgan fingerprint density at radius 1 is 0.927 bits per heavy atom. The van der Waals surface area contributed by atoms with Gasteiger partial charge in [-0.3, -0.25) is 13.9 Å². The first kappa shape index (κ1) is 30.2. The molecule has 0 radical (unpaired) electrons. The molecule has 7 nitrogen and oxygen atoms in total. The molecule has 218 valence electrons. The van der Waals surface area contributed by atoms with Crippen molar-refractivity contribution in [1.29, 1.82) is 0 Å². The van der Waals surface area contributed by atoms with E-state index in [0.29, 0.717) is 6.42 Å². The Labute approximate surface area is 242 Å². The summed E-state index contributed by atoms with van der Waals surface area (Å²) in [5.41, 5.74) is 2.04. The number of nitrogens with one attached hydrogen (secondary N) is 1. The zero-order valence-electron chi connectivity index (χ0n) is 23.6. The monoisotopic (exact) mass is 579 g/mol. The molecule has 1 saturated carbocycles. The number of carbonyl (C=O) groups excluding carboxylic acids is 2. The van der Waals surface area contributed by atoms with Crippen LogP contribution in [0.15, 0.2) is 83.8 Å². The Morgan fingerprint density at radius 3 is 2.17 bits per heavy atom. The molecule has 3 aromatic carbocycles. The van der Waals surface area contributed by atoms with Crippen molar-refractivity contribution in [3.05, 3.63) is 95.8 Å². The van der Waals surface area contributed by atoms with Gasteiger partial charge in [0.25, 0.3) is 10.0 Å². The summed E-state index contributed by atoms with van der Waals surface area (Å²) in [6.07, 6.45) is 5.42. The second kappa shape index (κ2) is 13.8. The van der Waals surface area contributed by atoms with Crippen molar-refractivity contribution < 1.29 is 22.4 Å². The Hall–Kier alpha value is -3.72. The van der Waals surface area contributed by atoms with Crippen LogP contribution in [0.3, 0.4) is 0 Å². The Kier molecular flexibility index (Phi) is 10.2. The third-order valence-electron chi connectivity index (χ3n) is 7.54. The number of benzene rings is 3. The van der Waals surface area contributed by atoms with Gasteiger partial charge < -0.3 is 10.2 Å². The number of nitrogens with zero attached hydrogens (tertiary/aromatic N) is 2. The number of aryl methyl sites for hydroxylation is 1. The number of carbonyl (C=O) groups is 2. The molecule has 4 rings (SSSR count). The summed E-state index contributed by atoms with van der Waals surface area (Å²) >= 11 is 0. The normalized spacial score (nSPS) is 14.7. The number of hydrogen-bond acceptors (Lipinski definition) is 4. The highest BCUT2D eigenvalue weighted by atomic mass is 32.2. The van der Waals surface area contributed by atoms with E-state index in [9.17, 15) is 22.4 Å². The van der Waals surface area contributed by atoms with Crippen LogP contribution in [0.5, 0.6) is 0 Å². The average Bonchev–Trinajstić information content (AvgIpc) is 2.98. The zero-order valence-corrected chi connectivity index (χ0v) is 24.4. The van der Waals surface area contributed by atoms with Gasteiger partial charge in [0.15, 0.2) is 0 Å². The van der Waals surface area contributed by atoms with Crippen molar-refractivity contribution in [2.24, 2.45) is 0 Å². The lowest BCUT2D eigenvalue weighted by atomic mass is 9.95. The number of hydrogen-bond donors (Lipinski definition) is 1. The number of rotatable bonds is 11. The van der Waals surface area contributed by atoms with Crippen molar-refractivity contribution in [2.75, 3.05) is 10.8 Å². The van der Waals surface area contributed by atoms with E-state index in [-0.39, 0.29) is 29.1 Å². The molecule has 41 heavy (non-hydrogen) atoms. The van der Waals surface area contributed by atoms with Gasteiger partial charge in [-0.25, -0.2) is 12.8 Å². The molecule has 9 heteroatoms.